The van der Waals surface area contributed by atoms with Gasteiger partial charge in [0.05, 0.1) is 13.2 Å². The highest BCUT2D eigenvalue weighted by Crippen LogP contribution is 2.25. The Bertz CT molecular complexity index is 793. The lowest BCUT2D eigenvalue weighted by Gasteiger charge is -2.29. The Morgan fingerprint density at radius 3 is 2.68 bits per heavy atom. The lowest BCUT2D eigenvalue weighted by Crippen LogP contribution is -2.41. The number of carbonyl (C=O) groups excluding carboxylic acids is 2. The number of carbonyl (C=O) groups is 2. The third-order valence-corrected chi connectivity index (χ3v) is 4.74. The number of amides is 2. The SMILES string of the molecule is CCC(=O)N1CCCN(C(=O)COCc2ccccc2)CC1c1nc(C)no1. The Balaban J connectivity index is 1.66. The third-order valence-electron chi connectivity index (χ3n) is 4.74. The van der Waals surface area contributed by atoms with E-state index in [-0.39, 0.29) is 18.4 Å². The van der Waals surface area contributed by atoms with E-state index < -0.39 is 6.04 Å². The molecular formula is C20H26N4O4. The highest BCUT2D eigenvalue weighted by Gasteiger charge is 2.34. The summed E-state index contributed by atoms with van der Waals surface area (Å²) in [6.45, 7) is 5.36. The molecule has 8 heteroatoms. The molecule has 28 heavy (non-hydrogen) atoms. The number of benzene rings is 1. The molecule has 1 fully saturated rings. The second-order valence-corrected chi connectivity index (χ2v) is 6.81. The van der Waals surface area contributed by atoms with Crippen LogP contribution in [0.25, 0.3) is 0 Å². The van der Waals surface area contributed by atoms with Crippen molar-refractivity contribution in [3.63, 3.8) is 0 Å². The lowest BCUT2D eigenvalue weighted by molar-refractivity contribution is -0.139. The zero-order valence-corrected chi connectivity index (χ0v) is 16.3. The summed E-state index contributed by atoms with van der Waals surface area (Å²) in [6.07, 6.45) is 1.08. The largest absolute Gasteiger partial charge is 0.367 e. The van der Waals surface area contributed by atoms with E-state index >= 15 is 0 Å². The average Bonchev–Trinajstić information content (AvgIpc) is 3.01. The topological polar surface area (TPSA) is 88.8 Å². The maximum atomic E-state index is 12.7. The molecule has 0 N–H and O–H groups in total. The van der Waals surface area contributed by atoms with Gasteiger partial charge in [0.15, 0.2) is 5.82 Å². The molecule has 0 radical (unpaired) electrons. The van der Waals surface area contributed by atoms with Crippen molar-refractivity contribution in [1.29, 1.82) is 0 Å². The van der Waals surface area contributed by atoms with E-state index in [9.17, 15) is 9.59 Å². The van der Waals surface area contributed by atoms with E-state index in [4.69, 9.17) is 9.26 Å². The molecule has 150 valence electrons. The molecule has 2 heterocycles. The summed E-state index contributed by atoms with van der Waals surface area (Å²) in [7, 11) is 0. The molecule has 1 unspecified atom stereocenters. The predicted octanol–water partition coefficient (Wildman–Crippen LogP) is 2.11. The molecule has 1 aromatic carbocycles. The first-order chi connectivity index (χ1) is 13.6. The maximum absolute atomic E-state index is 12.7. The summed E-state index contributed by atoms with van der Waals surface area (Å²) >= 11 is 0. The Hall–Kier alpha value is -2.74. The zero-order valence-electron chi connectivity index (χ0n) is 16.3. The number of hydrogen-bond acceptors (Lipinski definition) is 6. The van der Waals surface area contributed by atoms with Crippen molar-refractivity contribution in [3.05, 3.63) is 47.6 Å². The van der Waals surface area contributed by atoms with Crippen molar-refractivity contribution >= 4 is 11.8 Å². The summed E-state index contributed by atoms with van der Waals surface area (Å²) in [5.74, 6) is 0.773. The van der Waals surface area contributed by atoms with Crippen LogP contribution in [-0.2, 0) is 20.9 Å². The van der Waals surface area contributed by atoms with Gasteiger partial charge in [-0.3, -0.25) is 9.59 Å². The second-order valence-electron chi connectivity index (χ2n) is 6.81. The molecule has 1 aromatic heterocycles. The smallest absolute Gasteiger partial charge is 0.251 e. The number of aryl methyl sites for hydroxylation is 1. The van der Waals surface area contributed by atoms with Gasteiger partial charge in [-0.05, 0) is 18.9 Å². The van der Waals surface area contributed by atoms with Gasteiger partial charge in [-0.1, -0.05) is 42.4 Å². The molecule has 1 saturated heterocycles. The van der Waals surface area contributed by atoms with Crippen molar-refractivity contribution in [2.24, 2.45) is 0 Å². The van der Waals surface area contributed by atoms with Crippen LogP contribution in [0, 0.1) is 6.92 Å². The van der Waals surface area contributed by atoms with Crippen LogP contribution < -0.4 is 0 Å². The first kappa shape index (κ1) is 20.0. The van der Waals surface area contributed by atoms with Crippen molar-refractivity contribution in [1.82, 2.24) is 19.9 Å². The van der Waals surface area contributed by atoms with Crippen LogP contribution in [0.4, 0.5) is 0 Å². The van der Waals surface area contributed by atoms with Gasteiger partial charge in [0, 0.05) is 19.5 Å². The Labute approximate surface area is 164 Å². The molecule has 0 saturated carbocycles. The number of hydrogen-bond donors (Lipinski definition) is 0. The predicted molar refractivity (Wildman–Crippen MR) is 101 cm³/mol. The normalized spacial score (nSPS) is 17.4. The van der Waals surface area contributed by atoms with Gasteiger partial charge in [-0.2, -0.15) is 4.98 Å². The van der Waals surface area contributed by atoms with Crippen LogP contribution in [-0.4, -0.2) is 58.0 Å². The van der Waals surface area contributed by atoms with Crippen LogP contribution >= 0.6 is 0 Å². The maximum Gasteiger partial charge on any atom is 0.251 e. The zero-order chi connectivity index (χ0) is 19.9. The van der Waals surface area contributed by atoms with Crippen LogP contribution in [0.5, 0.6) is 0 Å². The minimum Gasteiger partial charge on any atom is -0.367 e. The summed E-state index contributed by atoms with van der Waals surface area (Å²) in [5.41, 5.74) is 1.02. The van der Waals surface area contributed by atoms with Gasteiger partial charge in [0.2, 0.25) is 11.8 Å². The molecule has 0 bridgehead atoms. The molecule has 1 aliphatic heterocycles. The summed E-state index contributed by atoms with van der Waals surface area (Å²) in [6, 6.07) is 9.29. The molecule has 2 aromatic rings. The van der Waals surface area contributed by atoms with Gasteiger partial charge in [0.1, 0.15) is 12.6 Å². The fourth-order valence-electron chi connectivity index (χ4n) is 3.30. The summed E-state index contributed by atoms with van der Waals surface area (Å²) in [4.78, 5) is 32.9. The van der Waals surface area contributed by atoms with Crippen LogP contribution in [0.3, 0.4) is 0 Å². The molecular weight excluding hydrogens is 360 g/mol. The number of nitrogens with zero attached hydrogens (tertiary/aromatic N) is 4. The molecule has 2 amide bonds. The number of rotatable bonds is 6. The third kappa shape index (κ3) is 4.95. The minimum atomic E-state index is -0.436. The second kappa shape index (κ2) is 9.45. The molecule has 8 nitrogen and oxygen atoms in total. The Kier molecular flexibility index (Phi) is 6.76. The number of ether oxygens (including phenoxy) is 1. The number of aromatic nitrogens is 2. The van der Waals surface area contributed by atoms with Crippen LogP contribution in [0.15, 0.2) is 34.9 Å². The fourth-order valence-corrected chi connectivity index (χ4v) is 3.30. The van der Waals surface area contributed by atoms with Gasteiger partial charge in [0.25, 0.3) is 5.89 Å². The first-order valence-corrected chi connectivity index (χ1v) is 9.57. The highest BCUT2D eigenvalue weighted by atomic mass is 16.5. The summed E-state index contributed by atoms with van der Waals surface area (Å²) < 4.78 is 10.9. The van der Waals surface area contributed by atoms with Gasteiger partial charge >= 0.3 is 0 Å². The first-order valence-electron chi connectivity index (χ1n) is 9.57. The van der Waals surface area contributed by atoms with Gasteiger partial charge < -0.3 is 19.1 Å². The van der Waals surface area contributed by atoms with E-state index in [1.165, 1.54) is 0 Å². The summed E-state index contributed by atoms with van der Waals surface area (Å²) in [5, 5.41) is 3.84. The van der Waals surface area contributed by atoms with Crippen molar-refractivity contribution in [2.75, 3.05) is 26.2 Å². The molecule has 1 atom stereocenters. The molecule has 0 spiro atoms. The van der Waals surface area contributed by atoms with E-state index in [0.717, 1.165) is 5.56 Å². The van der Waals surface area contributed by atoms with E-state index in [1.54, 1.807) is 16.7 Å². The molecule has 0 aliphatic carbocycles. The van der Waals surface area contributed by atoms with Crippen molar-refractivity contribution in [3.8, 4) is 0 Å². The monoisotopic (exact) mass is 386 g/mol. The van der Waals surface area contributed by atoms with Crippen molar-refractivity contribution < 1.29 is 18.8 Å². The molecule has 3 rings (SSSR count). The minimum absolute atomic E-state index is 0.00774. The molecule has 1 aliphatic rings. The average molecular weight is 386 g/mol. The standard InChI is InChI=1S/C20H26N4O4/c1-3-18(25)24-11-7-10-23(12-17(24)20-21-15(2)22-28-20)19(26)14-27-13-16-8-5-4-6-9-16/h4-6,8-9,17H,3,7,10-14H2,1-2H3. The van der Waals surface area contributed by atoms with E-state index in [1.807, 2.05) is 37.3 Å². The van der Waals surface area contributed by atoms with Crippen LogP contribution in [0.1, 0.15) is 43.1 Å². The van der Waals surface area contributed by atoms with E-state index in [2.05, 4.69) is 10.1 Å². The van der Waals surface area contributed by atoms with Gasteiger partial charge in [-0.25, -0.2) is 0 Å². The van der Waals surface area contributed by atoms with E-state index in [0.29, 0.717) is 50.8 Å². The Morgan fingerprint density at radius 1 is 1.21 bits per heavy atom. The van der Waals surface area contributed by atoms with Crippen molar-refractivity contribution in [2.45, 2.75) is 39.3 Å². The quantitative estimate of drug-likeness (QED) is 0.755. The Morgan fingerprint density at radius 2 is 2.00 bits per heavy atom. The lowest BCUT2D eigenvalue weighted by atomic mass is 10.2. The van der Waals surface area contributed by atoms with Crippen LogP contribution in [0.2, 0.25) is 0 Å². The highest BCUT2D eigenvalue weighted by molar-refractivity contribution is 5.78. The van der Waals surface area contributed by atoms with Gasteiger partial charge in [-0.15, -0.1) is 0 Å². The fraction of sp³-hybridized carbons (Fsp3) is 0.500.